The minimum absolute atomic E-state index is 0.0766. The van der Waals surface area contributed by atoms with Crippen molar-refractivity contribution in [3.8, 4) is 22.3 Å². The fourth-order valence-corrected chi connectivity index (χ4v) is 11.6. The lowest BCUT2D eigenvalue weighted by molar-refractivity contribution is -0.130. The van der Waals surface area contributed by atoms with Crippen molar-refractivity contribution in [3.05, 3.63) is 94.8 Å². The van der Waals surface area contributed by atoms with Crippen molar-refractivity contribution in [2.75, 3.05) is 75.6 Å². The summed E-state index contributed by atoms with van der Waals surface area (Å²) in [7, 11) is 3.83. The second-order valence-electron chi connectivity index (χ2n) is 19.8. The topological polar surface area (TPSA) is 177 Å². The van der Waals surface area contributed by atoms with Crippen molar-refractivity contribution in [2.45, 2.75) is 89.4 Å². The van der Waals surface area contributed by atoms with Gasteiger partial charge in [-0.1, -0.05) is 12.1 Å². The molecule has 0 saturated carbocycles. The van der Waals surface area contributed by atoms with Gasteiger partial charge < -0.3 is 39.3 Å². The molecule has 4 atom stereocenters. The number of hydrogen-bond acceptors (Lipinski definition) is 12. The average Bonchev–Trinajstić information content (AvgIpc) is 4.26. The Kier molecular flexibility index (Phi) is 12.6. The van der Waals surface area contributed by atoms with Crippen LogP contribution >= 0.6 is 0 Å². The Morgan fingerprint density at radius 3 is 1.41 bits per heavy atom. The summed E-state index contributed by atoms with van der Waals surface area (Å²) in [5.41, 5.74) is 13.5. The molecule has 0 aliphatic carbocycles. The van der Waals surface area contributed by atoms with Crippen molar-refractivity contribution < 1.29 is 29.3 Å². The van der Waals surface area contributed by atoms with Crippen molar-refractivity contribution in [1.29, 1.82) is 0 Å². The maximum atomic E-state index is 12.2. The maximum Gasteiger partial charge on any atom is 0.219 e. The first-order valence-corrected chi connectivity index (χ1v) is 25.0. The van der Waals surface area contributed by atoms with Gasteiger partial charge in [-0.25, -0.2) is 0 Å². The van der Waals surface area contributed by atoms with Crippen molar-refractivity contribution in [2.24, 2.45) is 14.1 Å². The van der Waals surface area contributed by atoms with E-state index in [1.807, 2.05) is 48.7 Å². The minimum Gasteiger partial charge on any atom is -0.396 e. The molecule has 0 bridgehead atoms. The van der Waals surface area contributed by atoms with E-state index >= 15 is 0 Å². The van der Waals surface area contributed by atoms with E-state index in [9.17, 15) is 19.8 Å². The summed E-state index contributed by atoms with van der Waals surface area (Å²) in [6, 6.07) is 13.4. The van der Waals surface area contributed by atoms with Gasteiger partial charge in [0, 0.05) is 149 Å². The summed E-state index contributed by atoms with van der Waals surface area (Å²) in [4.78, 5) is 32.9. The van der Waals surface area contributed by atoms with Crippen LogP contribution < -0.4 is 9.80 Å². The number of nitrogens with zero attached hydrogens (tertiary/aromatic N) is 12. The molecule has 2 fully saturated rings. The monoisotopic (exact) mass is 953 g/mol. The van der Waals surface area contributed by atoms with Crippen LogP contribution in [0.2, 0.25) is 0 Å². The highest BCUT2D eigenvalue weighted by Gasteiger charge is 2.37. The van der Waals surface area contributed by atoms with Crippen molar-refractivity contribution in [1.82, 2.24) is 48.9 Å². The lowest BCUT2D eigenvalue weighted by atomic mass is 9.88. The minimum atomic E-state index is 0.0766. The fraction of sp³-hybridized carbons (Fsp3) is 0.500. The van der Waals surface area contributed by atoms with Crippen LogP contribution in [0.4, 0.5) is 23.0 Å². The molecule has 0 unspecified atom stereocenters. The number of fused-ring (bicyclic) bond motifs is 4. The van der Waals surface area contributed by atoms with Gasteiger partial charge in [0.1, 0.15) is 0 Å². The van der Waals surface area contributed by atoms with E-state index in [0.717, 1.165) is 145 Å². The number of aryl methyl sites for hydroxylation is 2. The van der Waals surface area contributed by atoms with E-state index < -0.39 is 0 Å². The molecule has 18 nitrogen and oxygen atoms in total. The number of aromatic nitrogens is 8. The highest BCUT2D eigenvalue weighted by molar-refractivity contribution is 5.78. The predicted octanol–water partition coefficient (Wildman–Crippen LogP) is 5.53. The first kappa shape index (κ1) is 46.1. The third kappa shape index (κ3) is 8.47. The molecule has 368 valence electrons. The Bertz CT molecular complexity index is 2710. The predicted molar refractivity (Wildman–Crippen MR) is 263 cm³/mol. The zero-order valence-corrected chi connectivity index (χ0v) is 40.7. The summed E-state index contributed by atoms with van der Waals surface area (Å²) < 4.78 is 19.3. The average molecular weight is 953 g/mol. The molecule has 2 amide bonds. The van der Waals surface area contributed by atoms with E-state index in [1.54, 1.807) is 23.2 Å². The van der Waals surface area contributed by atoms with Gasteiger partial charge in [0.25, 0.3) is 0 Å². The first-order chi connectivity index (χ1) is 34.1. The molecule has 4 aromatic heterocycles. The zero-order chi connectivity index (χ0) is 48.2. The van der Waals surface area contributed by atoms with Crippen LogP contribution in [0.15, 0.2) is 61.2 Å². The lowest BCUT2D eigenvalue weighted by Gasteiger charge is -2.35. The number of aliphatic hydroxyl groups excluding tert-OH is 2. The van der Waals surface area contributed by atoms with Crippen molar-refractivity contribution >= 4 is 34.8 Å². The van der Waals surface area contributed by atoms with Crippen LogP contribution in [0.25, 0.3) is 22.3 Å². The molecule has 6 aromatic rings. The van der Waals surface area contributed by atoms with Gasteiger partial charge in [-0.3, -0.25) is 28.3 Å². The molecule has 10 heterocycles. The number of aliphatic hydroxyl groups is 2. The molecule has 18 heteroatoms. The molecular weight excluding hydrogens is 889 g/mol. The molecule has 6 aliphatic rings. The van der Waals surface area contributed by atoms with Crippen LogP contribution in [0.1, 0.15) is 97.1 Å². The number of rotatable bonds is 8. The van der Waals surface area contributed by atoms with Gasteiger partial charge >= 0.3 is 0 Å². The molecule has 2 saturated heterocycles. The third-order valence-electron chi connectivity index (χ3n) is 15.5. The van der Waals surface area contributed by atoms with Crippen LogP contribution in [-0.4, -0.2) is 137 Å². The highest BCUT2D eigenvalue weighted by atomic mass is 16.5. The zero-order valence-electron chi connectivity index (χ0n) is 40.7. The Labute approximate surface area is 408 Å². The van der Waals surface area contributed by atoms with Gasteiger partial charge in [-0.2, -0.15) is 20.4 Å². The van der Waals surface area contributed by atoms with Gasteiger partial charge in [0.15, 0.2) is 11.6 Å². The number of ether oxygens (including phenoxy) is 2. The van der Waals surface area contributed by atoms with E-state index in [-0.39, 0.29) is 48.9 Å². The van der Waals surface area contributed by atoms with Gasteiger partial charge in [-0.15, -0.1) is 0 Å². The Hall–Kier alpha value is -6.34. The smallest absolute Gasteiger partial charge is 0.219 e. The van der Waals surface area contributed by atoms with Gasteiger partial charge in [0.2, 0.25) is 11.8 Å². The Balaban J connectivity index is 0.000000152. The number of anilines is 4. The van der Waals surface area contributed by atoms with E-state index in [4.69, 9.17) is 19.7 Å². The van der Waals surface area contributed by atoms with Gasteiger partial charge in [-0.05, 0) is 72.2 Å². The summed E-state index contributed by atoms with van der Waals surface area (Å²) in [5, 5.41) is 39.4. The molecule has 12 rings (SSSR count). The fourth-order valence-electron chi connectivity index (χ4n) is 11.6. The Morgan fingerprint density at radius 1 is 0.614 bits per heavy atom. The van der Waals surface area contributed by atoms with Gasteiger partial charge in [0.05, 0.1) is 64.0 Å². The third-order valence-corrected chi connectivity index (χ3v) is 15.5. The second kappa shape index (κ2) is 19.1. The van der Waals surface area contributed by atoms with E-state index in [0.29, 0.717) is 26.3 Å². The molecule has 0 radical (unpaired) electrons. The first-order valence-electron chi connectivity index (χ1n) is 25.0. The van der Waals surface area contributed by atoms with Crippen LogP contribution in [0.3, 0.4) is 0 Å². The number of benzene rings is 2. The standard InChI is InChI=1S/2C26H32N6O3/c2*1-17(34)30-8-6-25-23(14-30)26(28-32(25)21-7-10-35-16-21)31-9-5-19(15-33)22-11-18(3-4-24(22)31)20-12-27-29(2)13-20/h2*3-4,11-13,19,21,33H,5-10,14-16H2,1-2H3/t19-,21+;19-,21-/m10/s1. The van der Waals surface area contributed by atoms with E-state index in [1.165, 1.54) is 11.4 Å². The summed E-state index contributed by atoms with van der Waals surface area (Å²) >= 11 is 0. The summed E-state index contributed by atoms with van der Waals surface area (Å²) in [5.74, 6) is 2.22. The second-order valence-corrected chi connectivity index (χ2v) is 19.8. The van der Waals surface area contributed by atoms with Crippen LogP contribution in [0.5, 0.6) is 0 Å². The lowest BCUT2D eigenvalue weighted by Crippen LogP contribution is -2.36. The Morgan fingerprint density at radius 2 is 1.06 bits per heavy atom. The molecular formula is C52H64N12O6. The number of carbonyl (C=O) groups is 2. The molecule has 6 aliphatic heterocycles. The molecule has 0 spiro atoms. The van der Waals surface area contributed by atoms with Crippen LogP contribution in [0, 0.1) is 0 Å². The number of hydrogen-bond donors (Lipinski definition) is 2. The summed E-state index contributed by atoms with van der Waals surface area (Å²) in [6.45, 7) is 10.5. The molecule has 2 N–H and O–H groups in total. The van der Waals surface area contributed by atoms with E-state index in [2.05, 4.69) is 65.8 Å². The maximum absolute atomic E-state index is 12.2. The summed E-state index contributed by atoms with van der Waals surface area (Å²) in [6.07, 6.45) is 13.0. The molecule has 70 heavy (non-hydrogen) atoms. The number of carbonyl (C=O) groups excluding carboxylic acids is 2. The highest BCUT2D eigenvalue weighted by Crippen LogP contribution is 2.46. The SMILES string of the molecule is CC(=O)N1CCc2c(c(N3CC[C@@H](CO)c4cc(-c5cnn(C)c5)ccc43)nn2[C@H]2CCOC2)C1.CC(=O)N1CCc2c(c(N3CC[C@H](CO)c4cc(-c5cnn(C)c5)ccc43)nn2[C@H]2CCOC2)C1. The van der Waals surface area contributed by atoms with Crippen LogP contribution in [-0.2, 0) is 59.1 Å². The quantitative estimate of drug-likeness (QED) is 0.195. The normalized spacial score (nSPS) is 21.8. The number of amides is 2. The largest absolute Gasteiger partial charge is 0.396 e. The van der Waals surface area contributed by atoms with Crippen molar-refractivity contribution in [3.63, 3.8) is 0 Å². The molecule has 2 aromatic carbocycles.